The third-order valence-electron chi connectivity index (χ3n) is 6.12. The summed E-state index contributed by atoms with van der Waals surface area (Å²) in [4.78, 5) is 4.87. The van der Waals surface area contributed by atoms with E-state index in [0.29, 0.717) is 19.4 Å². The standard InChI is InChI=1S/C24H33N3O3/c1-2-18-30-22-11-6-5-10-21(22)26-16-14-25(15-17-26)12-7-13-27-23(28)19-8-3-4-9-20(19)24(27)29/h3-6,10-11,28-29H,2,7-9,12-18H2,1H3. The smallest absolute Gasteiger partial charge is 0.197 e. The van der Waals surface area contributed by atoms with Gasteiger partial charge in [-0.1, -0.05) is 31.2 Å². The molecule has 6 heteroatoms. The zero-order valence-corrected chi connectivity index (χ0v) is 17.9. The minimum Gasteiger partial charge on any atom is -0.494 e. The van der Waals surface area contributed by atoms with Crippen LogP contribution in [0.15, 0.2) is 36.4 Å². The fourth-order valence-corrected chi connectivity index (χ4v) is 4.46. The monoisotopic (exact) mass is 411 g/mol. The number of para-hydroxylation sites is 2. The molecule has 6 nitrogen and oxygen atoms in total. The van der Waals surface area contributed by atoms with Crippen LogP contribution in [-0.4, -0.2) is 59.0 Å². The lowest BCUT2D eigenvalue weighted by molar-refractivity contribution is 0.245. The van der Waals surface area contributed by atoms with E-state index in [1.165, 1.54) is 5.69 Å². The van der Waals surface area contributed by atoms with Crippen LogP contribution < -0.4 is 9.64 Å². The Morgan fingerprint density at radius 2 is 1.57 bits per heavy atom. The van der Waals surface area contributed by atoms with E-state index in [0.717, 1.165) is 69.0 Å². The first-order chi connectivity index (χ1) is 14.7. The van der Waals surface area contributed by atoms with Crippen molar-refractivity contribution >= 4 is 5.69 Å². The quantitative estimate of drug-likeness (QED) is 0.651. The van der Waals surface area contributed by atoms with Gasteiger partial charge >= 0.3 is 0 Å². The molecule has 0 radical (unpaired) electrons. The largest absolute Gasteiger partial charge is 0.494 e. The van der Waals surface area contributed by atoms with E-state index in [-0.39, 0.29) is 11.8 Å². The van der Waals surface area contributed by atoms with Gasteiger partial charge in [-0.25, -0.2) is 0 Å². The maximum atomic E-state index is 10.5. The lowest BCUT2D eigenvalue weighted by Crippen LogP contribution is -2.46. The van der Waals surface area contributed by atoms with Crippen molar-refractivity contribution in [3.63, 3.8) is 0 Å². The number of anilines is 1. The molecule has 1 fully saturated rings. The van der Waals surface area contributed by atoms with Gasteiger partial charge in [0, 0.05) is 43.9 Å². The molecular formula is C24H33N3O3. The molecule has 1 aromatic carbocycles. The molecule has 0 amide bonds. The summed E-state index contributed by atoms with van der Waals surface area (Å²) in [6, 6.07) is 8.31. The molecule has 0 atom stereocenters. The van der Waals surface area contributed by atoms with Crippen LogP contribution in [-0.2, 0) is 19.4 Å². The average molecular weight is 412 g/mol. The van der Waals surface area contributed by atoms with Gasteiger partial charge in [-0.05, 0) is 44.4 Å². The van der Waals surface area contributed by atoms with Crippen molar-refractivity contribution < 1.29 is 14.9 Å². The Bertz CT molecular complexity index is 851. The van der Waals surface area contributed by atoms with Crippen molar-refractivity contribution in [1.29, 1.82) is 0 Å². The van der Waals surface area contributed by atoms with Crippen molar-refractivity contribution in [2.75, 3.05) is 44.2 Å². The Kier molecular flexibility index (Phi) is 6.53. The molecule has 0 bridgehead atoms. The Hall–Kier alpha value is -2.60. The number of piperazine rings is 1. The number of nitrogens with zero attached hydrogens (tertiary/aromatic N) is 3. The van der Waals surface area contributed by atoms with Gasteiger partial charge in [-0.3, -0.25) is 9.47 Å². The molecular weight excluding hydrogens is 378 g/mol. The molecule has 162 valence electrons. The van der Waals surface area contributed by atoms with Crippen LogP contribution in [0.25, 0.3) is 0 Å². The fraction of sp³-hybridized carbons (Fsp3) is 0.500. The summed E-state index contributed by atoms with van der Waals surface area (Å²) in [7, 11) is 0. The van der Waals surface area contributed by atoms with E-state index < -0.39 is 0 Å². The summed E-state index contributed by atoms with van der Waals surface area (Å²) in [5, 5.41) is 21.0. The normalized spacial score (nSPS) is 16.6. The molecule has 2 aliphatic rings. The van der Waals surface area contributed by atoms with Gasteiger partial charge in [0.1, 0.15) is 5.75 Å². The van der Waals surface area contributed by atoms with E-state index in [1.807, 2.05) is 6.07 Å². The van der Waals surface area contributed by atoms with Crippen LogP contribution in [0.4, 0.5) is 5.69 Å². The SMILES string of the molecule is CCCOc1ccccc1N1CCN(CCCn2c(O)c3c(c2O)CC=CC3)CC1. The van der Waals surface area contributed by atoms with Crippen LogP contribution in [0.3, 0.4) is 0 Å². The van der Waals surface area contributed by atoms with Crippen molar-refractivity contribution in [2.24, 2.45) is 0 Å². The van der Waals surface area contributed by atoms with Gasteiger partial charge in [0.05, 0.1) is 12.3 Å². The van der Waals surface area contributed by atoms with Gasteiger partial charge in [-0.2, -0.15) is 0 Å². The number of allylic oxidation sites excluding steroid dienone is 2. The van der Waals surface area contributed by atoms with Crippen LogP contribution in [0.2, 0.25) is 0 Å². The highest BCUT2D eigenvalue weighted by molar-refractivity contribution is 5.58. The Morgan fingerprint density at radius 3 is 2.23 bits per heavy atom. The van der Waals surface area contributed by atoms with Crippen LogP contribution in [0.5, 0.6) is 17.5 Å². The minimum atomic E-state index is 0.236. The second kappa shape index (κ2) is 9.47. The zero-order chi connectivity index (χ0) is 20.9. The predicted octanol–water partition coefficient (Wildman–Crippen LogP) is 3.56. The first-order valence-electron chi connectivity index (χ1n) is 11.1. The van der Waals surface area contributed by atoms with Gasteiger partial charge in [-0.15, -0.1) is 0 Å². The van der Waals surface area contributed by atoms with Crippen molar-refractivity contribution in [2.45, 2.75) is 39.2 Å². The third kappa shape index (κ3) is 4.29. The molecule has 30 heavy (non-hydrogen) atoms. The fourth-order valence-electron chi connectivity index (χ4n) is 4.46. The number of aromatic hydroxyl groups is 2. The summed E-state index contributed by atoms with van der Waals surface area (Å²) >= 11 is 0. The maximum Gasteiger partial charge on any atom is 0.197 e. The number of hydrogen-bond donors (Lipinski definition) is 2. The van der Waals surface area contributed by atoms with E-state index in [4.69, 9.17) is 4.74 Å². The highest BCUT2D eigenvalue weighted by atomic mass is 16.5. The Morgan fingerprint density at radius 1 is 0.900 bits per heavy atom. The summed E-state index contributed by atoms with van der Waals surface area (Å²) in [5.41, 5.74) is 2.95. The van der Waals surface area contributed by atoms with Gasteiger partial charge in [0.2, 0.25) is 0 Å². The lowest BCUT2D eigenvalue weighted by Gasteiger charge is -2.36. The van der Waals surface area contributed by atoms with Gasteiger partial charge in [0.25, 0.3) is 0 Å². The topological polar surface area (TPSA) is 61.1 Å². The number of hydrogen-bond acceptors (Lipinski definition) is 5. The summed E-state index contributed by atoms with van der Waals surface area (Å²) in [5.74, 6) is 1.45. The average Bonchev–Trinajstić information content (AvgIpc) is 3.03. The van der Waals surface area contributed by atoms with Crippen molar-refractivity contribution in [3.8, 4) is 17.5 Å². The highest BCUT2D eigenvalue weighted by Gasteiger charge is 2.23. The van der Waals surface area contributed by atoms with Crippen molar-refractivity contribution in [1.82, 2.24) is 9.47 Å². The molecule has 2 N–H and O–H groups in total. The molecule has 1 aliphatic carbocycles. The second-order valence-corrected chi connectivity index (χ2v) is 8.13. The number of aromatic nitrogens is 1. The van der Waals surface area contributed by atoms with Gasteiger partial charge < -0.3 is 19.8 Å². The van der Waals surface area contributed by atoms with Crippen LogP contribution >= 0.6 is 0 Å². The maximum absolute atomic E-state index is 10.5. The molecule has 0 unspecified atom stereocenters. The first kappa shape index (κ1) is 20.7. The van der Waals surface area contributed by atoms with Crippen LogP contribution in [0.1, 0.15) is 30.9 Å². The molecule has 2 aromatic rings. The number of ether oxygens (including phenoxy) is 1. The lowest BCUT2D eigenvalue weighted by atomic mass is 10.0. The molecule has 0 saturated carbocycles. The van der Waals surface area contributed by atoms with E-state index in [9.17, 15) is 10.2 Å². The highest BCUT2D eigenvalue weighted by Crippen LogP contribution is 2.37. The first-order valence-corrected chi connectivity index (χ1v) is 11.1. The minimum absolute atomic E-state index is 0.236. The molecule has 1 aliphatic heterocycles. The molecule has 1 aromatic heterocycles. The van der Waals surface area contributed by atoms with E-state index in [1.54, 1.807) is 4.57 Å². The Labute approximate surface area is 179 Å². The third-order valence-corrected chi connectivity index (χ3v) is 6.12. The van der Waals surface area contributed by atoms with Crippen LogP contribution in [0, 0.1) is 0 Å². The number of rotatable bonds is 8. The molecule has 1 saturated heterocycles. The molecule has 2 heterocycles. The molecule has 0 spiro atoms. The predicted molar refractivity (Wildman–Crippen MR) is 120 cm³/mol. The summed E-state index contributed by atoms with van der Waals surface area (Å²) in [6.45, 7) is 8.44. The molecule has 4 rings (SSSR count). The number of fused-ring (bicyclic) bond motifs is 1. The van der Waals surface area contributed by atoms with Gasteiger partial charge in [0.15, 0.2) is 11.8 Å². The number of benzene rings is 1. The second-order valence-electron chi connectivity index (χ2n) is 8.13. The van der Waals surface area contributed by atoms with E-state index >= 15 is 0 Å². The summed E-state index contributed by atoms with van der Waals surface area (Å²) in [6.07, 6.45) is 7.42. The Balaban J connectivity index is 1.28. The van der Waals surface area contributed by atoms with Crippen molar-refractivity contribution in [3.05, 3.63) is 47.5 Å². The van der Waals surface area contributed by atoms with E-state index in [2.05, 4.69) is 47.1 Å². The zero-order valence-electron chi connectivity index (χ0n) is 17.9. The summed E-state index contributed by atoms with van der Waals surface area (Å²) < 4.78 is 7.60.